The molecular weight excluding hydrogens is 300 g/mol. The number of aliphatic hydroxyl groups is 1. The molecule has 0 unspecified atom stereocenters. The van der Waals surface area contributed by atoms with E-state index in [1.807, 2.05) is 38.1 Å². The molecule has 1 aromatic carbocycles. The number of nitrogens with one attached hydrogen (secondary N) is 1. The average Bonchev–Trinajstić information content (AvgIpc) is 2.45. The molecule has 4 nitrogen and oxygen atoms in total. The molecule has 2 rings (SSSR count). The van der Waals surface area contributed by atoms with E-state index >= 15 is 0 Å². The summed E-state index contributed by atoms with van der Waals surface area (Å²) in [6.07, 6.45) is 1.51. The Hall–Kier alpha value is -1.10. The highest BCUT2D eigenvalue weighted by Crippen LogP contribution is 2.26. The third-order valence-corrected chi connectivity index (χ3v) is 4.80. The van der Waals surface area contributed by atoms with Crippen LogP contribution in [0.5, 0.6) is 0 Å². The van der Waals surface area contributed by atoms with E-state index in [2.05, 4.69) is 10.2 Å². The molecule has 1 amide bonds. The smallest absolute Gasteiger partial charge is 0.234 e. The van der Waals surface area contributed by atoms with Gasteiger partial charge in [0.05, 0.1) is 12.1 Å². The highest BCUT2D eigenvalue weighted by molar-refractivity contribution is 6.30. The van der Waals surface area contributed by atoms with Crippen molar-refractivity contribution < 1.29 is 9.90 Å². The van der Waals surface area contributed by atoms with Crippen molar-refractivity contribution in [1.82, 2.24) is 10.2 Å². The lowest BCUT2D eigenvalue weighted by Crippen LogP contribution is -2.51. The topological polar surface area (TPSA) is 52.6 Å². The summed E-state index contributed by atoms with van der Waals surface area (Å²) in [6.45, 7) is 6.47. The van der Waals surface area contributed by atoms with Crippen molar-refractivity contribution in [3.8, 4) is 0 Å². The van der Waals surface area contributed by atoms with Gasteiger partial charge in [0.1, 0.15) is 0 Å². The zero-order valence-electron chi connectivity index (χ0n) is 13.3. The SMILES string of the molecule is C[C@@H]1CN(CC(=O)NCCc2ccc(Cl)cc2)CC[C@]1(C)O. The van der Waals surface area contributed by atoms with Gasteiger partial charge in [-0.2, -0.15) is 0 Å². The zero-order chi connectivity index (χ0) is 16.2. The molecule has 0 saturated carbocycles. The van der Waals surface area contributed by atoms with Gasteiger partial charge in [-0.05, 0) is 43.4 Å². The first-order chi connectivity index (χ1) is 10.4. The predicted molar refractivity (Wildman–Crippen MR) is 89.0 cm³/mol. The fraction of sp³-hybridized carbons (Fsp3) is 0.588. The molecule has 2 atom stereocenters. The predicted octanol–water partition coefficient (Wildman–Crippen LogP) is 2.09. The van der Waals surface area contributed by atoms with Gasteiger partial charge >= 0.3 is 0 Å². The standard InChI is InChI=1S/C17H25ClN2O2/c1-13-11-20(10-8-17(13,2)22)12-16(21)19-9-7-14-3-5-15(18)6-4-14/h3-6,13,22H,7-12H2,1-2H3,(H,19,21)/t13-,17+/m1/s1. The number of halogens is 1. The van der Waals surface area contributed by atoms with Crippen molar-refractivity contribution in [1.29, 1.82) is 0 Å². The van der Waals surface area contributed by atoms with Gasteiger partial charge in [0.25, 0.3) is 0 Å². The van der Waals surface area contributed by atoms with Crippen LogP contribution in [0.4, 0.5) is 0 Å². The molecule has 1 aliphatic heterocycles. The van der Waals surface area contributed by atoms with Crippen molar-refractivity contribution in [2.24, 2.45) is 5.92 Å². The van der Waals surface area contributed by atoms with Crippen LogP contribution in [0.3, 0.4) is 0 Å². The van der Waals surface area contributed by atoms with Crippen LogP contribution in [0.25, 0.3) is 0 Å². The summed E-state index contributed by atoms with van der Waals surface area (Å²) in [5.74, 6) is 0.228. The molecule has 0 aromatic heterocycles. The summed E-state index contributed by atoms with van der Waals surface area (Å²) in [5.41, 5.74) is 0.550. The molecule has 0 spiro atoms. The number of hydrogen-bond acceptors (Lipinski definition) is 3. The van der Waals surface area contributed by atoms with Crippen molar-refractivity contribution in [2.45, 2.75) is 32.3 Å². The number of carbonyl (C=O) groups is 1. The third-order valence-electron chi connectivity index (χ3n) is 4.54. The summed E-state index contributed by atoms with van der Waals surface area (Å²) >= 11 is 5.84. The van der Waals surface area contributed by atoms with Crippen LogP contribution in [0.15, 0.2) is 24.3 Å². The summed E-state index contributed by atoms with van der Waals surface area (Å²) in [5, 5.41) is 13.8. The number of likely N-dealkylation sites (tertiary alicyclic amines) is 1. The Bertz CT molecular complexity index is 502. The van der Waals surface area contributed by atoms with Gasteiger partial charge in [0.2, 0.25) is 5.91 Å². The van der Waals surface area contributed by atoms with Crippen LogP contribution in [0.1, 0.15) is 25.8 Å². The first-order valence-electron chi connectivity index (χ1n) is 7.83. The van der Waals surface area contributed by atoms with Gasteiger partial charge < -0.3 is 10.4 Å². The van der Waals surface area contributed by atoms with Crippen molar-refractivity contribution in [3.05, 3.63) is 34.9 Å². The molecule has 1 aliphatic rings. The quantitative estimate of drug-likeness (QED) is 0.872. The van der Waals surface area contributed by atoms with E-state index in [4.69, 9.17) is 11.6 Å². The normalized spacial score (nSPS) is 25.9. The van der Waals surface area contributed by atoms with E-state index in [1.54, 1.807) is 0 Å². The summed E-state index contributed by atoms with van der Waals surface area (Å²) < 4.78 is 0. The van der Waals surface area contributed by atoms with E-state index in [-0.39, 0.29) is 11.8 Å². The van der Waals surface area contributed by atoms with Crippen LogP contribution in [0, 0.1) is 5.92 Å². The highest BCUT2D eigenvalue weighted by Gasteiger charge is 2.34. The van der Waals surface area contributed by atoms with Gasteiger partial charge in [0.15, 0.2) is 0 Å². The second-order valence-corrected chi connectivity index (χ2v) is 6.91. The first kappa shape index (κ1) is 17.3. The Morgan fingerprint density at radius 2 is 2.14 bits per heavy atom. The summed E-state index contributed by atoms with van der Waals surface area (Å²) in [4.78, 5) is 14.1. The molecule has 2 N–H and O–H groups in total. The van der Waals surface area contributed by atoms with Crippen LogP contribution in [-0.2, 0) is 11.2 Å². The van der Waals surface area contributed by atoms with E-state index in [9.17, 15) is 9.90 Å². The number of amides is 1. The van der Waals surface area contributed by atoms with Crippen molar-refractivity contribution in [3.63, 3.8) is 0 Å². The largest absolute Gasteiger partial charge is 0.390 e. The fourth-order valence-electron chi connectivity index (χ4n) is 2.71. The van der Waals surface area contributed by atoms with Crippen LogP contribution < -0.4 is 5.32 Å². The second kappa shape index (κ2) is 7.44. The minimum atomic E-state index is -0.610. The third kappa shape index (κ3) is 4.97. The minimum Gasteiger partial charge on any atom is -0.390 e. The molecule has 122 valence electrons. The molecule has 0 aliphatic carbocycles. The number of benzene rings is 1. The summed E-state index contributed by atoms with van der Waals surface area (Å²) in [6, 6.07) is 7.67. The molecule has 1 saturated heterocycles. The molecule has 1 fully saturated rings. The van der Waals surface area contributed by atoms with Crippen LogP contribution in [-0.4, -0.2) is 47.7 Å². The molecule has 1 heterocycles. The van der Waals surface area contributed by atoms with E-state index in [1.165, 1.54) is 0 Å². The Balaban J connectivity index is 1.69. The Morgan fingerprint density at radius 3 is 2.77 bits per heavy atom. The lowest BCUT2D eigenvalue weighted by molar-refractivity contribution is -0.124. The van der Waals surface area contributed by atoms with Crippen LogP contribution in [0.2, 0.25) is 5.02 Å². The number of nitrogens with zero attached hydrogens (tertiary/aromatic N) is 1. The maximum atomic E-state index is 12.0. The van der Waals surface area contributed by atoms with Crippen LogP contribution >= 0.6 is 11.6 Å². The van der Waals surface area contributed by atoms with Gasteiger partial charge in [-0.15, -0.1) is 0 Å². The monoisotopic (exact) mass is 324 g/mol. The maximum absolute atomic E-state index is 12.0. The maximum Gasteiger partial charge on any atom is 0.234 e. The lowest BCUT2D eigenvalue weighted by Gasteiger charge is -2.40. The zero-order valence-corrected chi connectivity index (χ0v) is 14.1. The molecule has 5 heteroatoms. The lowest BCUT2D eigenvalue weighted by atomic mass is 9.84. The second-order valence-electron chi connectivity index (χ2n) is 6.47. The molecule has 22 heavy (non-hydrogen) atoms. The highest BCUT2D eigenvalue weighted by atomic mass is 35.5. The van der Waals surface area contributed by atoms with Gasteiger partial charge in [0, 0.05) is 24.7 Å². The van der Waals surface area contributed by atoms with E-state index in [0.29, 0.717) is 19.5 Å². The Kier molecular flexibility index (Phi) is 5.84. The van der Waals surface area contributed by atoms with Gasteiger partial charge in [-0.3, -0.25) is 9.69 Å². The number of rotatable bonds is 5. The van der Waals surface area contributed by atoms with Gasteiger partial charge in [-0.25, -0.2) is 0 Å². The Labute approximate surface area is 137 Å². The molecule has 0 radical (unpaired) electrons. The molecule has 0 bridgehead atoms. The van der Waals surface area contributed by atoms with Crippen molar-refractivity contribution in [2.75, 3.05) is 26.2 Å². The average molecular weight is 325 g/mol. The van der Waals surface area contributed by atoms with E-state index in [0.717, 1.165) is 30.1 Å². The van der Waals surface area contributed by atoms with Gasteiger partial charge in [-0.1, -0.05) is 30.7 Å². The fourth-order valence-corrected chi connectivity index (χ4v) is 2.83. The van der Waals surface area contributed by atoms with Crippen molar-refractivity contribution >= 4 is 17.5 Å². The summed E-state index contributed by atoms with van der Waals surface area (Å²) in [7, 11) is 0. The first-order valence-corrected chi connectivity index (χ1v) is 8.20. The number of carbonyl (C=O) groups excluding carboxylic acids is 1. The molecular formula is C17H25ClN2O2. The minimum absolute atomic E-state index is 0.0442. The Morgan fingerprint density at radius 1 is 1.45 bits per heavy atom. The van der Waals surface area contributed by atoms with E-state index < -0.39 is 5.60 Å². The number of hydrogen-bond donors (Lipinski definition) is 2. The number of piperidine rings is 1. The molecule has 1 aromatic rings.